The summed E-state index contributed by atoms with van der Waals surface area (Å²) >= 11 is 0. The number of hydrogen-bond acceptors (Lipinski definition) is 3. The van der Waals surface area contributed by atoms with Gasteiger partial charge in [-0.3, -0.25) is 9.59 Å². The molecule has 0 radical (unpaired) electrons. The van der Waals surface area contributed by atoms with E-state index in [9.17, 15) is 14.0 Å². The average molecular weight is 299 g/mol. The van der Waals surface area contributed by atoms with Crippen molar-refractivity contribution < 1.29 is 18.7 Å². The number of ether oxygens (including phenoxy) is 1. The highest BCUT2D eigenvalue weighted by atomic mass is 19.1. The first-order chi connectivity index (χ1) is 10.6. The van der Waals surface area contributed by atoms with Crippen molar-refractivity contribution in [3.63, 3.8) is 0 Å². The van der Waals surface area contributed by atoms with Crippen LogP contribution >= 0.6 is 0 Å². The number of anilines is 1. The minimum atomic E-state index is -0.566. The predicted molar refractivity (Wildman–Crippen MR) is 80.0 cm³/mol. The number of carbonyl (C=O) groups excluding carboxylic acids is 2. The summed E-state index contributed by atoms with van der Waals surface area (Å²) < 4.78 is 19.4. The molecule has 5 heteroatoms. The molecule has 3 rings (SSSR count). The number of carbonyl (C=O) groups is 2. The molecular formula is C17H14FNO3. The number of ketones is 1. The van der Waals surface area contributed by atoms with E-state index in [0.29, 0.717) is 30.2 Å². The molecule has 0 bridgehead atoms. The van der Waals surface area contributed by atoms with Crippen LogP contribution in [0.4, 0.5) is 10.1 Å². The summed E-state index contributed by atoms with van der Waals surface area (Å²) in [6, 6.07) is 10.8. The van der Waals surface area contributed by atoms with Gasteiger partial charge in [0.15, 0.2) is 5.78 Å². The lowest BCUT2D eigenvalue weighted by molar-refractivity contribution is 0.0969. The Bertz CT molecular complexity index is 757. The third kappa shape index (κ3) is 2.45. The van der Waals surface area contributed by atoms with Gasteiger partial charge in [0.05, 0.1) is 17.8 Å². The molecule has 112 valence electrons. The summed E-state index contributed by atoms with van der Waals surface area (Å²) in [6.45, 7) is 2.09. The fourth-order valence-electron chi connectivity index (χ4n) is 2.43. The first-order valence-corrected chi connectivity index (χ1v) is 6.92. The first kappa shape index (κ1) is 14.3. The molecule has 0 fully saturated rings. The molecular weight excluding hydrogens is 285 g/mol. The standard InChI is InChI=1S/C17H14FNO3/c1-11(20)12-6-7-16-15(10-12)19(8-9-22-16)17(21)13-4-2-3-5-14(13)18/h2-7,10H,8-9H2,1H3. The van der Waals surface area contributed by atoms with E-state index in [-0.39, 0.29) is 11.3 Å². The Labute approximate surface area is 127 Å². The van der Waals surface area contributed by atoms with Gasteiger partial charge >= 0.3 is 0 Å². The molecule has 1 aliphatic heterocycles. The zero-order valence-electron chi connectivity index (χ0n) is 12.0. The van der Waals surface area contributed by atoms with Crippen LogP contribution in [0.2, 0.25) is 0 Å². The lowest BCUT2D eigenvalue weighted by Crippen LogP contribution is -2.38. The van der Waals surface area contributed by atoms with Crippen molar-refractivity contribution in [2.75, 3.05) is 18.1 Å². The summed E-state index contributed by atoms with van der Waals surface area (Å²) in [5, 5.41) is 0. The van der Waals surface area contributed by atoms with Gasteiger partial charge in [-0.1, -0.05) is 12.1 Å². The summed E-state index contributed by atoms with van der Waals surface area (Å²) in [7, 11) is 0. The number of halogens is 1. The minimum absolute atomic E-state index is 0.00331. The van der Waals surface area contributed by atoms with Crippen LogP contribution in [0.15, 0.2) is 42.5 Å². The normalized spacial score (nSPS) is 13.3. The molecule has 1 heterocycles. The molecule has 0 aromatic heterocycles. The second-order valence-corrected chi connectivity index (χ2v) is 5.02. The minimum Gasteiger partial charge on any atom is -0.490 e. The molecule has 0 atom stereocenters. The summed E-state index contributed by atoms with van der Waals surface area (Å²) in [6.07, 6.45) is 0. The van der Waals surface area contributed by atoms with Gasteiger partial charge in [0.25, 0.3) is 5.91 Å². The van der Waals surface area contributed by atoms with Crippen LogP contribution in [0.3, 0.4) is 0 Å². The van der Waals surface area contributed by atoms with Crippen LogP contribution in [0, 0.1) is 5.82 Å². The molecule has 2 aromatic carbocycles. The van der Waals surface area contributed by atoms with Crippen molar-refractivity contribution in [1.82, 2.24) is 0 Å². The van der Waals surface area contributed by atoms with Gasteiger partial charge in [0.2, 0.25) is 0 Å². The number of benzene rings is 2. The van der Waals surface area contributed by atoms with E-state index in [4.69, 9.17) is 4.74 Å². The van der Waals surface area contributed by atoms with Crippen molar-refractivity contribution in [1.29, 1.82) is 0 Å². The molecule has 0 N–H and O–H groups in total. The second-order valence-electron chi connectivity index (χ2n) is 5.02. The van der Waals surface area contributed by atoms with E-state index < -0.39 is 11.7 Å². The molecule has 0 aliphatic carbocycles. The molecule has 22 heavy (non-hydrogen) atoms. The maximum atomic E-state index is 13.8. The number of rotatable bonds is 2. The summed E-state index contributed by atoms with van der Waals surface area (Å²) in [5.74, 6) is -0.598. The number of hydrogen-bond donors (Lipinski definition) is 0. The fourth-order valence-corrected chi connectivity index (χ4v) is 2.43. The smallest absolute Gasteiger partial charge is 0.261 e. The van der Waals surface area contributed by atoms with E-state index in [1.165, 1.54) is 30.0 Å². The Morgan fingerprint density at radius 1 is 1.18 bits per heavy atom. The lowest BCUT2D eigenvalue weighted by atomic mass is 10.1. The predicted octanol–water partition coefficient (Wildman–Crippen LogP) is 3.07. The molecule has 0 saturated carbocycles. The number of fused-ring (bicyclic) bond motifs is 1. The van der Waals surface area contributed by atoms with E-state index in [0.717, 1.165) is 0 Å². The van der Waals surface area contributed by atoms with Crippen LogP contribution in [-0.2, 0) is 0 Å². The highest BCUT2D eigenvalue weighted by Gasteiger charge is 2.26. The van der Waals surface area contributed by atoms with Crippen LogP contribution in [0.1, 0.15) is 27.6 Å². The highest BCUT2D eigenvalue weighted by molar-refractivity contribution is 6.08. The monoisotopic (exact) mass is 299 g/mol. The first-order valence-electron chi connectivity index (χ1n) is 6.92. The van der Waals surface area contributed by atoms with Crippen LogP contribution in [0.5, 0.6) is 5.75 Å². The maximum Gasteiger partial charge on any atom is 0.261 e. The molecule has 0 unspecified atom stereocenters. The highest BCUT2D eigenvalue weighted by Crippen LogP contribution is 2.33. The SMILES string of the molecule is CC(=O)c1ccc2c(c1)N(C(=O)c1ccccc1F)CCO2. The van der Waals surface area contributed by atoms with Gasteiger partial charge in [0.1, 0.15) is 18.2 Å². The fraction of sp³-hybridized carbons (Fsp3) is 0.176. The largest absolute Gasteiger partial charge is 0.490 e. The quantitative estimate of drug-likeness (QED) is 0.801. The maximum absolute atomic E-state index is 13.8. The summed E-state index contributed by atoms with van der Waals surface area (Å²) in [5.41, 5.74) is 0.978. The Balaban J connectivity index is 2.04. The zero-order chi connectivity index (χ0) is 15.7. The Morgan fingerprint density at radius 3 is 2.68 bits per heavy atom. The van der Waals surface area contributed by atoms with Crippen LogP contribution < -0.4 is 9.64 Å². The van der Waals surface area contributed by atoms with Gasteiger partial charge in [0, 0.05) is 5.56 Å². The number of amides is 1. The van der Waals surface area contributed by atoms with Crippen molar-refractivity contribution in [2.45, 2.75) is 6.92 Å². The number of Topliss-reactive ketones (excluding diaryl/α,β-unsaturated/α-hetero) is 1. The average Bonchev–Trinajstić information content (AvgIpc) is 2.53. The molecule has 1 amide bonds. The van der Waals surface area contributed by atoms with E-state index in [1.807, 2.05) is 0 Å². The van der Waals surface area contributed by atoms with Gasteiger partial charge in [-0.05, 0) is 37.3 Å². The second kappa shape index (κ2) is 5.60. The Kier molecular flexibility index (Phi) is 3.63. The van der Waals surface area contributed by atoms with E-state index in [1.54, 1.807) is 24.3 Å². The molecule has 4 nitrogen and oxygen atoms in total. The third-order valence-electron chi connectivity index (χ3n) is 3.58. The third-order valence-corrected chi connectivity index (χ3v) is 3.58. The van der Waals surface area contributed by atoms with Crippen LogP contribution in [-0.4, -0.2) is 24.8 Å². The van der Waals surface area contributed by atoms with Gasteiger partial charge < -0.3 is 9.64 Å². The van der Waals surface area contributed by atoms with E-state index >= 15 is 0 Å². The van der Waals surface area contributed by atoms with Gasteiger partial charge in [-0.2, -0.15) is 0 Å². The molecule has 0 spiro atoms. The Morgan fingerprint density at radius 2 is 1.95 bits per heavy atom. The van der Waals surface area contributed by atoms with Crippen molar-refractivity contribution >= 4 is 17.4 Å². The van der Waals surface area contributed by atoms with Crippen molar-refractivity contribution in [3.8, 4) is 5.75 Å². The van der Waals surface area contributed by atoms with Crippen LogP contribution in [0.25, 0.3) is 0 Å². The number of nitrogens with zero attached hydrogens (tertiary/aromatic N) is 1. The van der Waals surface area contributed by atoms with E-state index in [2.05, 4.69) is 0 Å². The van der Waals surface area contributed by atoms with Crippen molar-refractivity contribution in [3.05, 3.63) is 59.4 Å². The lowest BCUT2D eigenvalue weighted by Gasteiger charge is -2.30. The topological polar surface area (TPSA) is 46.6 Å². The zero-order valence-corrected chi connectivity index (χ0v) is 12.0. The summed E-state index contributed by atoms with van der Waals surface area (Å²) in [4.78, 5) is 25.6. The molecule has 2 aromatic rings. The van der Waals surface area contributed by atoms with Gasteiger partial charge in [-0.15, -0.1) is 0 Å². The Hall–Kier alpha value is -2.69. The van der Waals surface area contributed by atoms with Gasteiger partial charge in [-0.25, -0.2) is 4.39 Å². The molecule has 1 aliphatic rings. The molecule has 0 saturated heterocycles. The van der Waals surface area contributed by atoms with Crippen molar-refractivity contribution in [2.24, 2.45) is 0 Å².